The lowest BCUT2D eigenvalue weighted by Gasteiger charge is -2.02. The van der Waals surface area contributed by atoms with Crippen molar-refractivity contribution in [1.82, 2.24) is 19.3 Å². The van der Waals surface area contributed by atoms with E-state index >= 15 is 0 Å². The summed E-state index contributed by atoms with van der Waals surface area (Å²) in [6, 6.07) is 8.72. The van der Waals surface area contributed by atoms with Gasteiger partial charge in [-0.3, -0.25) is 0 Å². The summed E-state index contributed by atoms with van der Waals surface area (Å²) in [5.41, 5.74) is 3.79. The second kappa shape index (κ2) is 3.73. The highest BCUT2D eigenvalue weighted by molar-refractivity contribution is 5.81. The molecule has 0 saturated carbocycles. The van der Waals surface area contributed by atoms with Gasteiger partial charge in [0, 0.05) is 23.6 Å². The smallest absolute Gasteiger partial charge is 0.137 e. The van der Waals surface area contributed by atoms with Crippen molar-refractivity contribution < 1.29 is 0 Å². The van der Waals surface area contributed by atoms with E-state index in [0.717, 1.165) is 6.54 Å². The first kappa shape index (κ1) is 10.1. The molecule has 0 amide bonds. The molecule has 0 aliphatic heterocycles. The van der Waals surface area contributed by atoms with Crippen molar-refractivity contribution in [2.24, 2.45) is 7.05 Å². The van der Waals surface area contributed by atoms with Gasteiger partial charge >= 0.3 is 0 Å². The van der Waals surface area contributed by atoms with Gasteiger partial charge in [0.2, 0.25) is 0 Å². The fourth-order valence-electron chi connectivity index (χ4n) is 2.14. The van der Waals surface area contributed by atoms with Crippen LogP contribution >= 0.6 is 0 Å². The van der Waals surface area contributed by atoms with Crippen molar-refractivity contribution in [3.05, 3.63) is 48.2 Å². The molecule has 3 aromatic rings. The van der Waals surface area contributed by atoms with Crippen molar-refractivity contribution >= 4 is 10.9 Å². The van der Waals surface area contributed by atoms with Crippen LogP contribution in [0.15, 0.2) is 36.9 Å². The minimum atomic E-state index is 0.768. The summed E-state index contributed by atoms with van der Waals surface area (Å²) in [6.45, 7) is 2.89. The van der Waals surface area contributed by atoms with Gasteiger partial charge in [-0.1, -0.05) is 6.07 Å². The molecule has 4 heteroatoms. The van der Waals surface area contributed by atoms with E-state index in [2.05, 4.69) is 52.9 Å². The van der Waals surface area contributed by atoms with E-state index in [4.69, 9.17) is 0 Å². The molecule has 0 radical (unpaired) electrons. The maximum Gasteiger partial charge on any atom is 0.137 e. The molecule has 4 nitrogen and oxygen atoms in total. The molecule has 1 aromatic carbocycles. The van der Waals surface area contributed by atoms with Gasteiger partial charge in [0.05, 0.1) is 6.54 Å². The van der Waals surface area contributed by atoms with Crippen molar-refractivity contribution in [3.63, 3.8) is 0 Å². The SMILES string of the molecule is Cc1cc2cc(Cn3cncn3)ccc2n1C. The predicted octanol–water partition coefficient (Wildman–Crippen LogP) is 2.13. The minimum Gasteiger partial charge on any atom is -0.348 e. The molecular formula is C13H14N4. The quantitative estimate of drug-likeness (QED) is 0.671. The normalized spacial score (nSPS) is 11.2. The number of benzene rings is 1. The number of fused-ring (bicyclic) bond motifs is 1. The number of hydrogen-bond donors (Lipinski definition) is 0. The highest BCUT2D eigenvalue weighted by Gasteiger charge is 2.03. The zero-order valence-electron chi connectivity index (χ0n) is 9.96. The summed E-state index contributed by atoms with van der Waals surface area (Å²) in [4.78, 5) is 3.95. The van der Waals surface area contributed by atoms with Crippen LogP contribution in [-0.2, 0) is 13.6 Å². The maximum atomic E-state index is 4.11. The number of hydrogen-bond acceptors (Lipinski definition) is 2. The van der Waals surface area contributed by atoms with Crippen LogP contribution in [0.2, 0.25) is 0 Å². The van der Waals surface area contributed by atoms with Gasteiger partial charge in [0.25, 0.3) is 0 Å². The Labute approximate surface area is 99.5 Å². The topological polar surface area (TPSA) is 35.6 Å². The Morgan fingerprint density at radius 2 is 2.12 bits per heavy atom. The first-order valence-electron chi connectivity index (χ1n) is 5.61. The monoisotopic (exact) mass is 226 g/mol. The van der Waals surface area contributed by atoms with E-state index < -0.39 is 0 Å². The molecule has 0 unspecified atom stereocenters. The lowest BCUT2D eigenvalue weighted by atomic mass is 10.1. The van der Waals surface area contributed by atoms with Crippen molar-refractivity contribution in [2.75, 3.05) is 0 Å². The Kier molecular flexibility index (Phi) is 2.21. The van der Waals surface area contributed by atoms with Crippen molar-refractivity contribution in [2.45, 2.75) is 13.5 Å². The zero-order valence-corrected chi connectivity index (χ0v) is 9.96. The summed E-state index contributed by atoms with van der Waals surface area (Å²) >= 11 is 0. The van der Waals surface area contributed by atoms with Crippen LogP contribution < -0.4 is 0 Å². The molecule has 0 fully saturated rings. The largest absolute Gasteiger partial charge is 0.348 e. The Morgan fingerprint density at radius 3 is 2.88 bits per heavy atom. The molecule has 2 aromatic heterocycles. The molecule has 17 heavy (non-hydrogen) atoms. The van der Waals surface area contributed by atoms with Gasteiger partial charge in [-0.2, -0.15) is 5.10 Å². The predicted molar refractivity (Wildman–Crippen MR) is 66.8 cm³/mol. The van der Waals surface area contributed by atoms with Crippen LogP contribution in [0.1, 0.15) is 11.3 Å². The molecule has 0 atom stereocenters. The molecule has 2 heterocycles. The van der Waals surface area contributed by atoms with Gasteiger partial charge < -0.3 is 4.57 Å². The van der Waals surface area contributed by atoms with Gasteiger partial charge in [-0.15, -0.1) is 0 Å². The number of rotatable bonds is 2. The number of aromatic nitrogens is 4. The summed E-state index contributed by atoms with van der Waals surface area (Å²) in [7, 11) is 2.09. The Bertz CT molecular complexity index is 649. The Balaban J connectivity index is 2.02. The van der Waals surface area contributed by atoms with Crippen molar-refractivity contribution in [3.8, 4) is 0 Å². The first-order valence-corrected chi connectivity index (χ1v) is 5.61. The van der Waals surface area contributed by atoms with E-state index in [1.165, 1.54) is 22.2 Å². The summed E-state index contributed by atoms with van der Waals surface area (Å²) in [6.07, 6.45) is 3.30. The van der Waals surface area contributed by atoms with Crippen molar-refractivity contribution in [1.29, 1.82) is 0 Å². The first-order chi connectivity index (χ1) is 8.24. The molecule has 3 rings (SSSR count). The molecule has 0 saturated heterocycles. The number of nitrogens with zero attached hydrogens (tertiary/aromatic N) is 4. The highest BCUT2D eigenvalue weighted by atomic mass is 15.3. The van der Waals surface area contributed by atoms with Crippen LogP contribution in [0.3, 0.4) is 0 Å². The van der Waals surface area contributed by atoms with Gasteiger partial charge in [-0.05, 0) is 30.7 Å². The average Bonchev–Trinajstić information content (AvgIpc) is 2.89. The van der Waals surface area contributed by atoms with E-state index in [1.807, 2.05) is 4.68 Å². The lowest BCUT2D eigenvalue weighted by Crippen LogP contribution is -1.99. The van der Waals surface area contributed by atoms with Crippen LogP contribution in [0.25, 0.3) is 10.9 Å². The molecule has 0 spiro atoms. The summed E-state index contributed by atoms with van der Waals surface area (Å²) in [5, 5.41) is 5.39. The molecule has 0 N–H and O–H groups in total. The third kappa shape index (κ3) is 1.71. The van der Waals surface area contributed by atoms with Gasteiger partial charge in [-0.25, -0.2) is 9.67 Å². The Morgan fingerprint density at radius 1 is 1.24 bits per heavy atom. The third-order valence-electron chi connectivity index (χ3n) is 3.16. The summed E-state index contributed by atoms with van der Waals surface area (Å²) < 4.78 is 4.03. The molecule has 0 aliphatic rings. The average molecular weight is 226 g/mol. The van der Waals surface area contributed by atoms with E-state index in [1.54, 1.807) is 12.7 Å². The minimum absolute atomic E-state index is 0.768. The van der Waals surface area contributed by atoms with Crippen LogP contribution in [0, 0.1) is 6.92 Å². The van der Waals surface area contributed by atoms with Crippen LogP contribution in [0.4, 0.5) is 0 Å². The second-order valence-electron chi connectivity index (χ2n) is 4.33. The third-order valence-corrected chi connectivity index (χ3v) is 3.16. The zero-order chi connectivity index (χ0) is 11.8. The number of aryl methyl sites for hydroxylation is 2. The molecular weight excluding hydrogens is 212 g/mol. The van der Waals surface area contributed by atoms with E-state index in [0.29, 0.717) is 0 Å². The van der Waals surface area contributed by atoms with E-state index in [-0.39, 0.29) is 0 Å². The van der Waals surface area contributed by atoms with Crippen LogP contribution in [-0.4, -0.2) is 19.3 Å². The van der Waals surface area contributed by atoms with Gasteiger partial charge in [0.1, 0.15) is 12.7 Å². The summed E-state index contributed by atoms with van der Waals surface area (Å²) in [5.74, 6) is 0. The highest BCUT2D eigenvalue weighted by Crippen LogP contribution is 2.20. The molecule has 0 aliphatic carbocycles. The fraction of sp³-hybridized carbons (Fsp3) is 0.231. The second-order valence-corrected chi connectivity index (χ2v) is 4.33. The maximum absolute atomic E-state index is 4.11. The lowest BCUT2D eigenvalue weighted by molar-refractivity contribution is 0.685. The Hall–Kier alpha value is -2.10. The van der Waals surface area contributed by atoms with Crippen LogP contribution in [0.5, 0.6) is 0 Å². The fourth-order valence-corrected chi connectivity index (χ4v) is 2.14. The van der Waals surface area contributed by atoms with E-state index in [9.17, 15) is 0 Å². The van der Waals surface area contributed by atoms with Gasteiger partial charge in [0.15, 0.2) is 0 Å². The molecule has 86 valence electrons. The molecule has 0 bridgehead atoms. The standard InChI is InChI=1S/C13H14N4/c1-10-5-12-6-11(3-4-13(12)16(10)2)7-17-9-14-8-15-17/h3-6,8-9H,7H2,1-2H3.